The van der Waals surface area contributed by atoms with Crippen LogP contribution in [0.15, 0.2) is 47.4 Å². The molecule has 0 spiro atoms. The first-order valence-electron chi connectivity index (χ1n) is 6.66. The van der Waals surface area contributed by atoms with E-state index in [1.807, 2.05) is 0 Å². The summed E-state index contributed by atoms with van der Waals surface area (Å²) in [6, 6.07) is 10.9. The minimum absolute atomic E-state index is 0.0148. The quantitative estimate of drug-likeness (QED) is 0.815. The molecule has 0 unspecified atom stereocenters. The second-order valence-corrected chi connectivity index (χ2v) is 7.71. The molecule has 2 aromatic rings. The lowest BCUT2D eigenvalue weighted by Gasteiger charge is -2.34. The maximum atomic E-state index is 12.9. The highest BCUT2D eigenvalue weighted by Crippen LogP contribution is 2.36. The molecule has 23 heavy (non-hydrogen) atoms. The van der Waals surface area contributed by atoms with Gasteiger partial charge in [0.1, 0.15) is 6.54 Å². The molecule has 3 rings (SSSR count). The molecular formula is C15H12Cl2N2O3S. The lowest BCUT2D eigenvalue weighted by atomic mass is 10.2. The molecule has 0 saturated heterocycles. The molecule has 2 aromatic carbocycles. The molecule has 0 atom stereocenters. The first-order valence-corrected chi connectivity index (χ1v) is 8.85. The minimum atomic E-state index is -3.93. The van der Waals surface area contributed by atoms with Crippen LogP contribution in [0.4, 0.5) is 11.4 Å². The van der Waals surface area contributed by atoms with Gasteiger partial charge in [-0.25, -0.2) is 8.42 Å². The third kappa shape index (κ3) is 2.67. The summed E-state index contributed by atoms with van der Waals surface area (Å²) in [6.45, 7) is -0.268. The van der Waals surface area contributed by atoms with Crippen LogP contribution in [0.25, 0.3) is 0 Å². The standard InChI is InChI=1S/C15H12Cl2N2O3S/c1-18-13-4-2-3-5-14(13)19(9-15(18)20)23(21,22)10-6-7-11(16)12(17)8-10/h2-8H,9H2,1H3. The molecule has 1 aliphatic rings. The number of amides is 1. The normalized spacial score (nSPS) is 14.8. The summed E-state index contributed by atoms with van der Waals surface area (Å²) in [4.78, 5) is 13.6. The molecule has 0 aromatic heterocycles. The van der Waals surface area contributed by atoms with Crippen molar-refractivity contribution in [2.24, 2.45) is 0 Å². The molecule has 1 heterocycles. The second kappa shape index (κ2) is 5.70. The van der Waals surface area contributed by atoms with Crippen LogP contribution in [-0.2, 0) is 14.8 Å². The number of anilines is 2. The maximum Gasteiger partial charge on any atom is 0.264 e. The fourth-order valence-corrected chi connectivity index (χ4v) is 4.20. The highest BCUT2D eigenvalue weighted by molar-refractivity contribution is 7.92. The summed E-state index contributed by atoms with van der Waals surface area (Å²) in [5.74, 6) is -0.313. The average molecular weight is 371 g/mol. The molecule has 0 saturated carbocycles. The largest absolute Gasteiger partial charge is 0.312 e. The van der Waals surface area contributed by atoms with Crippen molar-refractivity contribution in [2.45, 2.75) is 4.90 Å². The summed E-state index contributed by atoms with van der Waals surface area (Å²) >= 11 is 11.8. The Morgan fingerprint density at radius 1 is 1.00 bits per heavy atom. The Kier molecular flexibility index (Phi) is 4.00. The van der Waals surface area contributed by atoms with Crippen LogP contribution >= 0.6 is 23.2 Å². The number of fused-ring (bicyclic) bond motifs is 1. The van der Waals surface area contributed by atoms with E-state index < -0.39 is 10.0 Å². The van der Waals surface area contributed by atoms with Crippen molar-refractivity contribution in [1.29, 1.82) is 0 Å². The van der Waals surface area contributed by atoms with Gasteiger partial charge < -0.3 is 4.90 Å². The zero-order chi connectivity index (χ0) is 16.8. The first-order chi connectivity index (χ1) is 10.8. The highest BCUT2D eigenvalue weighted by Gasteiger charge is 2.35. The second-order valence-electron chi connectivity index (χ2n) is 5.03. The summed E-state index contributed by atoms with van der Waals surface area (Å²) in [6.07, 6.45) is 0. The third-order valence-corrected chi connectivity index (χ3v) is 6.14. The Hall–Kier alpha value is -1.76. The first kappa shape index (κ1) is 16.1. The molecule has 0 aliphatic carbocycles. The molecule has 5 nitrogen and oxygen atoms in total. The molecule has 0 fully saturated rings. The number of hydrogen-bond donors (Lipinski definition) is 0. The van der Waals surface area contributed by atoms with Crippen molar-refractivity contribution in [3.05, 3.63) is 52.5 Å². The Bertz CT molecular complexity index is 899. The summed E-state index contributed by atoms with van der Waals surface area (Å²) < 4.78 is 26.9. The van der Waals surface area contributed by atoms with Crippen molar-refractivity contribution < 1.29 is 13.2 Å². The zero-order valence-electron chi connectivity index (χ0n) is 12.0. The van der Waals surface area contributed by atoms with Crippen molar-refractivity contribution in [2.75, 3.05) is 22.8 Å². The Morgan fingerprint density at radius 3 is 2.30 bits per heavy atom. The van der Waals surface area contributed by atoms with E-state index >= 15 is 0 Å². The van der Waals surface area contributed by atoms with Gasteiger partial charge in [0.2, 0.25) is 5.91 Å². The van der Waals surface area contributed by atoms with E-state index in [2.05, 4.69) is 0 Å². The number of likely N-dealkylation sites (N-methyl/N-ethyl adjacent to an activating group) is 1. The van der Waals surface area contributed by atoms with E-state index in [1.54, 1.807) is 31.3 Å². The Morgan fingerprint density at radius 2 is 1.65 bits per heavy atom. The van der Waals surface area contributed by atoms with E-state index in [4.69, 9.17) is 23.2 Å². The van der Waals surface area contributed by atoms with Gasteiger partial charge in [-0.3, -0.25) is 9.10 Å². The number of carbonyl (C=O) groups is 1. The lowest BCUT2D eigenvalue weighted by Crippen LogP contribution is -2.46. The van der Waals surface area contributed by atoms with Crippen LogP contribution < -0.4 is 9.21 Å². The molecule has 120 valence electrons. The Labute approximate surface area is 144 Å². The van der Waals surface area contributed by atoms with Crippen LogP contribution in [0.3, 0.4) is 0 Å². The minimum Gasteiger partial charge on any atom is -0.312 e. The fourth-order valence-electron chi connectivity index (χ4n) is 2.39. The van der Waals surface area contributed by atoms with Crippen LogP contribution in [0.1, 0.15) is 0 Å². The van der Waals surface area contributed by atoms with Crippen LogP contribution in [0.5, 0.6) is 0 Å². The monoisotopic (exact) mass is 370 g/mol. The molecular weight excluding hydrogens is 359 g/mol. The number of halogens is 2. The van der Waals surface area contributed by atoms with Gasteiger partial charge >= 0.3 is 0 Å². The van der Waals surface area contributed by atoms with Gasteiger partial charge in [0.05, 0.1) is 26.3 Å². The highest BCUT2D eigenvalue weighted by atomic mass is 35.5. The topological polar surface area (TPSA) is 57.7 Å². The number of benzene rings is 2. The van der Waals surface area contributed by atoms with Gasteiger partial charge in [0.15, 0.2) is 0 Å². The van der Waals surface area contributed by atoms with Gasteiger partial charge in [0.25, 0.3) is 10.0 Å². The summed E-state index contributed by atoms with van der Waals surface area (Å²) in [5, 5.41) is 0.405. The van der Waals surface area contributed by atoms with Crippen molar-refractivity contribution >= 4 is 50.5 Å². The van der Waals surface area contributed by atoms with Crippen LogP contribution in [0, 0.1) is 0 Å². The predicted octanol–water partition coefficient (Wildman–Crippen LogP) is 3.17. The predicted molar refractivity (Wildman–Crippen MR) is 90.8 cm³/mol. The molecule has 1 amide bonds. The van der Waals surface area contributed by atoms with Gasteiger partial charge in [-0.15, -0.1) is 0 Å². The van der Waals surface area contributed by atoms with Gasteiger partial charge in [-0.2, -0.15) is 0 Å². The number of carbonyl (C=O) groups excluding carboxylic acids is 1. The van der Waals surface area contributed by atoms with E-state index in [0.717, 1.165) is 4.31 Å². The summed E-state index contributed by atoms with van der Waals surface area (Å²) in [7, 11) is -2.31. The van der Waals surface area contributed by atoms with E-state index in [1.165, 1.54) is 23.1 Å². The zero-order valence-corrected chi connectivity index (χ0v) is 14.4. The fraction of sp³-hybridized carbons (Fsp3) is 0.133. The average Bonchev–Trinajstić information content (AvgIpc) is 2.53. The smallest absolute Gasteiger partial charge is 0.264 e. The Balaban J connectivity index is 2.15. The number of hydrogen-bond acceptors (Lipinski definition) is 3. The van der Waals surface area contributed by atoms with Gasteiger partial charge in [-0.05, 0) is 30.3 Å². The molecule has 0 N–H and O–H groups in total. The molecule has 8 heteroatoms. The maximum absolute atomic E-state index is 12.9. The SMILES string of the molecule is CN1C(=O)CN(S(=O)(=O)c2ccc(Cl)c(Cl)c2)c2ccccc21. The van der Waals surface area contributed by atoms with Gasteiger partial charge in [0, 0.05) is 7.05 Å². The van der Waals surface area contributed by atoms with Crippen molar-refractivity contribution in [3.63, 3.8) is 0 Å². The molecule has 1 aliphatic heterocycles. The number of rotatable bonds is 2. The third-order valence-electron chi connectivity index (χ3n) is 3.64. The molecule has 0 radical (unpaired) electrons. The lowest BCUT2D eigenvalue weighted by molar-refractivity contribution is -0.117. The van der Waals surface area contributed by atoms with E-state index in [-0.39, 0.29) is 27.4 Å². The number of sulfonamides is 1. The van der Waals surface area contributed by atoms with Crippen molar-refractivity contribution in [1.82, 2.24) is 0 Å². The number of para-hydroxylation sites is 2. The van der Waals surface area contributed by atoms with Gasteiger partial charge in [-0.1, -0.05) is 35.3 Å². The van der Waals surface area contributed by atoms with Crippen LogP contribution in [0.2, 0.25) is 10.0 Å². The van der Waals surface area contributed by atoms with E-state index in [0.29, 0.717) is 11.4 Å². The number of nitrogens with zero attached hydrogens (tertiary/aromatic N) is 2. The van der Waals surface area contributed by atoms with E-state index in [9.17, 15) is 13.2 Å². The van der Waals surface area contributed by atoms with Crippen LogP contribution in [-0.4, -0.2) is 27.9 Å². The summed E-state index contributed by atoms with van der Waals surface area (Å²) in [5.41, 5.74) is 0.980. The van der Waals surface area contributed by atoms with Crippen molar-refractivity contribution in [3.8, 4) is 0 Å². The molecule has 0 bridgehead atoms.